The number of amides is 8. The summed E-state index contributed by atoms with van der Waals surface area (Å²) in [4.78, 5) is 167. The van der Waals surface area contributed by atoms with Gasteiger partial charge in [-0.3, -0.25) is 61.7 Å². The van der Waals surface area contributed by atoms with Crippen molar-refractivity contribution in [2.24, 2.45) is 35.3 Å². The van der Waals surface area contributed by atoms with Crippen molar-refractivity contribution in [1.29, 1.82) is 0 Å². The third-order valence-electron chi connectivity index (χ3n) is 15.5. The number of rotatable bonds is 21. The van der Waals surface area contributed by atoms with Crippen LogP contribution in [-0.4, -0.2) is 193 Å². The van der Waals surface area contributed by atoms with Gasteiger partial charge in [0, 0.05) is 86.1 Å². The van der Waals surface area contributed by atoms with Gasteiger partial charge in [-0.25, -0.2) is 0 Å². The number of thioether (sulfide) groups is 1. The number of carbonyl (C=O) groups is 12. The number of aromatic amines is 1. The molecule has 1 aromatic heterocycles. The van der Waals surface area contributed by atoms with Crippen LogP contribution in [-0.2, 0) is 80.5 Å². The first kappa shape index (κ1) is 68.0. The van der Waals surface area contributed by atoms with Crippen LogP contribution in [0.3, 0.4) is 0 Å². The number of fused-ring (bicyclic) bond motifs is 5. The summed E-state index contributed by atoms with van der Waals surface area (Å²) in [5.74, 6) is -14.9. The summed E-state index contributed by atoms with van der Waals surface area (Å²) in [7, 11) is -1.01. The number of aliphatic carboxylic acids is 1. The van der Waals surface area contributed by atoms with Crippen LogP contribution >= 0.6 is 11.8 Å². The number of hydrogen-bond acceptors (Lipinski definition) is 18. The average molecular weight is 1220 g/mol. The van der Waals surface area contributed by atoms with Gasteiger partial charge in [-0.2, -0.15) is 11.8 Å². The Hall–Kier alpha value is -6.82. The van der Waals surface area contributed by atoms with Crippen molar-refractivity contribution < 1.29 is 86.9 Å². The number of Topliss-reactive ketones (excluding diaryl/α,β-unsaturated/α-hetero) is 3. The molecule has 84 heavy (non-hydrogen) atoms. The van der Waals surface area contributed by atoms with Gasteiger partial charge in [-0.05, 0) is 48.6 Å². The Kier molecular flexibility index (Phi) is 25.8. The molecule has 0 saturated carbocycles. The lowest BCUT2D eigenvalue weighted by Crippen LogP contribution is -2.60. The highest BCUT2D eigenvalue weighted by Gasteiger charge is 2.45. The average Bonchev–Trinajstić information content (AvgIpc) is 2.16. The van der Waals surface area contributed by atoms with Crippen molar-refractivity contribution in [2.75, 3.05) is 51.4 Å². The number of primary amides is 1. The molecule has 1 aromatic carbocycles. The first-order chi connectivity index (χ1) is 39.8. The molecule has 27 nitrogen and oxygen atoms in total. The first-order valence-corrected chi connectivity index (χ1v) is 30.5. The summed E-state index contributed by atoms with van der Waals surface area (Å²) >= 11 is 1.41. The van der Waals surface area contributed by atoms with E-state index in [-0.39, 0.29) is 47.9 Å². The number of carboxylic acid groups (broad SMARTS) is 1. The summed E-state index contributed by atoms with van der Waals surface area (Å²) < 4.78 is 21.1. The maximum atomic E-state index is 15.3. The predicted octanol–water partition coefficient (Wildman–Crippen LogP) is -1.85. The fourth-order valence-corrected chi connectivity index (χ4v) is 12.7. The molecule has 0 aliphatic carbocycles. The molecule has 464 valence electrons. The fraction of sp³-hybridized carbons (Fsp3) is 0.636. The van der Waals surface area contributed by atoms with Crippen LogP contribution in [0.4, 0.5) is 0 Å². The van der Waals surface area contributed by atoms with Crippen LogP contribution in [0.15, 0.2) is 17.2 Å². The molecule has 2 unspecified atom stereocenters. The molecule has 2 aromatic rings. The normalized spacial score (nSPS) is 24.9. The third-order valence-corrected chi connectivity index (χ3v) is 18.0. The fourth-order valence-electron chi connectivity index (χ4n) is 10.3. The number of benzene rings is 1. The molecular formula is C55H79N9O18S2. The molecule has 1 saturated heterocycles. The number of aliphatic hydroxyl groups excluding tert-OH is 3. The zero-order valence-corrected chi connectivity index (χ0v) is 49.4. The van der Waals surface area contributed by atoms with Gasteiger partial charge in [0.15, 0.2) is 11.6 Å². The number of nitrogens with one attached hydrogen (secondary N) is 7. The quantitative estimate of drug-likeness (QED) is 0.0611. The van der Waals surface area contributed by atoms with Gasteiger partial charge >= 0.3 is 5.97 Å². The molecule has 1 fully saturated rings. The van der Waals surface area contributed by atoms with Gasteiger partial charge < -0.3 is 72.7 Å². The predicted molar refractivity (Wildman–Crippen MR) is 304 cm³/mol. The van der Waals surface area contributed by atoms with Gasteiger partial charge in [0.25, 0.3) is 0 Å². The lowest BCUT2D eigenvalue weighted by Gasteiger charge is -2.32. The number of carbonyl (C=O) groups excluding carboxylic acids is 11. The largest absolute Gasteiger partial charge is 0.496 e. The molecule has 5 rings (SSSR count). The summed E-state index contributed by atoms with van der Waals surface area (Å²) in [6, 6.07) is -3.77. The molecule has 0 radical (unpaired) electrons. The van der Waals surface area contributed by atoms with Crippen LogP contribution in [0.25, 0.3) is 10.9 Å². The van der Waals surface area contributed by atoms with E-state index in [1.54, 1.807) is 26.0 Å². The maximum Gasteiger partial charge on any atom is 0.306 e. The second kappa shape index (κ2) is 31.9. The monoisotopic (exact) mass is 1220 g/mol. The summed E-state index contributed by atoms with van der Waals surface area (Å²) in [5.41, 5.74) is 6.59. The molecule has 3 aliphatic heterocycles. The van der Waals surface area contributed by atoms with Crippen molar-refractivity contribution in [1.82, 2.24) is 41.8 Å². The zero-order valence-electron chi connectivity index (χ0n) is 47.8. The van der Waals surface area contributed by atoms with Gasteiger partial charge in [0.2, 0.25) is 47.3 Å². The number of H-pyrrole nitrogens is 1. The van der Waals surface area contributed by atoms with Gasteiger partial charge in [0.05, 0.1) is 79.5 Å². The number of aliphatic hydroxyl groups is 3. The van der Waals surface area contributed by atoms with Gasteiger partial charge in [-0.15, -0.1) is 0 Å². The van der Waals surface area contributed by atoms with Crippen LogP contribution in [0.5, 0.6) is 5.75 Å². The van der Waals surface area contributed by atoms with Crippen molar-refractivity contribution in [3.8, 4) is 5.75 Å². The van der Waals surface area contributed by atoms with E-state index in [1.807, 2.05) is 0 Å². The van der Waals surface area contributed by atoms with E-state index < -0.39 is 206 Å². The minimum absolute atomic E-state index is 0.0578. The minimum atomic E-state index is -2.43. The van der Waals surface area contributed by atoms with E-state index in [2.05, 4.69) is 36.9 Å². The summed E-state index contributed by atoms with van der Waals surface area (Å²) in [6.45, 7) is 3.65. The van der Waals surface area contributed by atoms with Gasteiger partial charge in [-0.1, -0.05) is 34.1 Å². The van der Waals surface area contributed by atoms with E-state index in [1.165, 1.54) is 32.7 Å². The van der Waals surface area contributed by atoms with E-state index >= 15 is 4.21 Å². The minimum Gasteiger partial charge on any atom is -0.496 e. The Labute approximate surface area is 492 Å². The zero-order chi connectivity index (χ0) is 62.1. The third kappa shape index (κ3) is 18.6. The standard InChI is InChI=1S/C55H79N9O18S2/c1-6-27(2)35-18-32(67)21-58-49(74)30-16-36-34-11-12-43(82-5)37(25-83-14-8-10-31(66)9-7-13-57-45(72)15-28(3)55(79)80)48(34)63-53(36)84(81)26-39(60-46(73)22-59-50(35)75)51(76)61-38(20-44(56)71)54(78)64-23-33(68)19-40(64)52(77)62-47(41(69)17-30)29(4)42(70)24-65/h11-12,27-30,33,35,38-40,42,47,63,65,68,70H,6-10,13-26H2,1-5H3,(H2,56,71)(H,57,72)(H,58,74)(H,59,75)(H,60,73)(H,61,76)(H,62,77)(H,79,80)/t27-,28?,29-,30+,33+,35-,38-,39-,40-,42-,47-,84?/m0/s1. The first-order valence-electron chi connectivity index (χ1n) is 28.0. The molecule has 0 spiro atoms. The number of aromatic nitrogens is 1. The highest BCUT2D eigenvalue weighted by atomic mass is 32.2. The Morgan fingerprint density at radius 3 is 2.29 bits per heavy atom. The SMILES string of the molecule is CC[C@H](C)[C@@H]1CC(=O)CNC(=O)[C@H]2CC(=O)[C@H]([C@@H](C)[C@@H](O)CO)NC(=O)[C@@H]3C[C@@H](O)CN3C(=O)[C@H](CC(N)=O)NC(=O)[C@H](CS(=O)c3[nH]c4c(CSCCCC(=O)CCCNC(=O)CC(C)C(=O)O)c(OC)ccc4c3C2)NC(=O)CNC1=O. The highest BCUT2D eigenvalue weighted by molar-refractivity contribution is 7.98. The number of nitrogens with two attached hydrogens (primary N) is 1. The Morgan fingerprint density at radius 1 is 0.917 bits per heavy atom. The molecule has 13 N–H and O–H groups in total. The maximum absolute atomic E-state index is 15.3. The number of hydrogen-bond donors (Lipinski definition) is 12. The van der Waals surface area contributed by atoms with Crippen LogP contribution < -0.4 is 42.4 Å². The number of ether oxygens (including phenoxy) is 1. The van der Waals surface area contributed by atoms with Crippen LogP contribution in [0, 0.1) is 29.6 Å². The Bertz CT molecular complexity index is 2830. The smallest absolute Gasteiger partial charge is 0.306 e. The van der Waals surface area contributed by atoms with Crippen LogP contribution in [0.1, 0.15) is 103 Å². The number of nitrogens with zero attached hydrogens (tertiary/aromatic N) is 1. The van der Waals surface area contributed by atoms with E-state index in [0.717, 1.165) is 4.90 Å². The lowest BCUT2D eigenvalue weighted by molar-refractivity contribution is -0.144. The lowest BCUT2D eigenvalue weighted by atomic mass is 9.85. The molecule has 4 heterocycles. The van der Waals surface area contributed by atoms with Crippen molar-refractivity contribution >= 4 is 104 Å². The highest BCUT2D eigenvalue weighted by Crippen LogP contribution is 2.37. The molecule has 12 atom stereocenters. The molecule has 2 bridgehead atoms. The Balaban J connectivity index is 1.63. The van der Waals surface area contributed by atoms with E-state index in [4.69, 9.17) is 15.6 Å². The van der Waals surface area contributed by atoms with Crippen molar-refractivity contribution in [3.05, 3.63) is 23.3 Å². The number of ketones is 3. The Morgan fingerprint density at radius 2 is 1.62 bits per heavy atom. The summed E-state index contributed by atoms with van der Waals surface area (Å²) in [6.07, 6.45) is -4.47. The molecule has 8 amide bonds. The van der Waals surface area contributed by atoms with Crippen LogP contribution in [0.2, 0.25) is 0 Å². The number of methoxy groups -OCH3 is 1. The summed E-state index contributed by atoms with van der Waals surface area (Å²) in [5, 5.41) is 56.4. The second-order valence-corrected chi connectivity index (χ2v) is 24.3. The topological polar surface area (TPSA) is 429 Å². The molecule has 3 aliphatic rings. The van der Waals surface area contributed by atoms with Crippen molar-refractivity contribution in [2.45, 2.75) is 145 Å². The number of carboxylic acids is 1. The van der Waals surface area contributed by atoms with Gasteiger partial charge in [0.1, 0.15) is 34.7 Å². The van der Waals surface area contributed by atoms with E-state index in [9.17, 15) is 72.9 Å². The molecular weight excluding hydrogens is 1140 g/mol. The van der Waals surface area contributed by atoms with E-state index in [0.29, 0.717) is 47.2 Å². The second-order valence-electron chi connectivity index (χ2n) is 21.8. The molecule has 29 heteroatoms. The van der Waals surface area contributed by atoms with Crippen molar-refractivity contribution in [3.63, 3.8) is 0 Å².